The number of sulfonamides is 1. The van der Waals surface area contributed by atoms with Gasteiger partial charge in [0, 0.05) is 18.8 Å². The number of likely N-dealkylation sites (N-methyl/N-ethyl adjacent to an activating group) is 1. The Morgan fingerprint density at radius 1 is 0.857 bits per heavy atom. The molecular weight excluding hydrogens is 558 g/mol. The zero-order chi connectivity index (χ0) is 29.9. The van der Waals surface area contributed by atoms with E-state index >= 15 is 0 Å². The molecule has 0 aliphatic carbocycles. The van der Waals surface area contributed by atoms with Gasteiger partial charge in [0.25, 0.3) is 21.8 Å². The molecule has 3 aromatic carbocycles. The first kappa shape index (κ1) is 28.1. The number of hydrogen-bond acceptors (Lipinski definition) is 7. The highest BCUT2D eigenvalue weighted by Crippen LogP contribution is 2.35. The van der Waals surface area contributed by atoms with Gasteiger partial charge in [0.15, 0.2) is 17.0 Å². The zero-order valence-corrected chi connectivity index (χ0v) is 23.0. The molecule has 6 rings (SSSR count). The summed E-state index contributed by atoms with van der Waals surface area (Å²) in [7, 11) is -2.69. The first-order chi connectivity index (χ1) is 20.2. The largest absolute Gasteiger partial charge is 0.505 e. The standard InChI is InChI=1S/C15H13N3O4S.C15H12N2O2/c1-18-13(15(20)17-12-8-4-5-9-16-12)14(19)10-6-2-3-7-11(10)23(18,21)22;18-13-15(17-14(19)16-13,11-7-3-1-4-8-11)12-9-5-2-6-10-12/h2-9,19H,1H3,(H,16,17,20);1-10H,(H2,16,17,18,19). The maximum atomic E-state index is 12.5. The van der Waals surface area contributed by atoms with Crippen molar-refractivity contribution in [1.29, 1.82) is 0 Å². The molecule has 0 saturated carbocycles. The first-order valence-corrected chi connectivity index (χ1v) is 14.1. The van der Waals surface area contributed by atoms with Crippen molar-refractivity contribution >= 4 is 39.4 Å². The number of imide groups is 1. The van der Waals surface area contributed by atoms with Gasteiger partial charge in [0.05, 0.1) is 4.90 Å². The number of carbonyl (C=O) groups is 3. The van der Waals surface area contributed by atoms with Crippen molar-refractivity contribution in [1.82, 2.24) is 19.9 Å². The van der Waals surface area contributed by atoms with Crippen molar-refractivity contribution < 1.29 is 27.9 Å². The minimum absolute atomic E-state index is 0.0469. The molecule has 4 amide bonds. The number of nitrogens with zero attached hydrogens (tertiary/aromatic N) is 2. The van der Waals surface area contributed by atoms with Crippen molar-refractivity contribution in [3.8, 4) is 0 Å². The quantitative estimate of drug-likeness (QED) is 0.268. The average molecular weight is 584 g/mol. The third-order valence-corrected chi connectivity index (χ3v) is 8.54. The predicted molar refractivity (Wildman–Crippen MR) is 154 cm³/mol. The lowest BCUT2D eigenvalue weighted by Gasteiger charge is -2.28. The zero-order valence-electron chi connectivity index (χ0n) is 22.2. The molecule has 0 unspecified atom stereocenters. The number of carbonyl (C=O) groups excluding carboxylic acids is 3. The highest BCUT2D eigenvalue weighted by atomic mass is 32.2. The summed E-state index contributed by atoms with van der Waals surface area (Å²) in [5.41, 5.74) is 0.0831. The Morgan fingerprint density at radius 2 is 1.43 bits per heavy atom. The topological polar surface area (TPSA) is 158 Å². The number of fused-ring (bicyclic) bond motifs is 1. The Kier molecular flexibility index (Phi) is 7.47. The molecule has 0 spiro atoms. The van der Waals surface area contributed by atoms with Gasteiger partial charge in [-0.05, 0) is 35.4 Å². The number of hydrogen-bond donors (Lipinski definition) is 4. The van der Waals surface area contributed by atoms with Crippen molar-refractivity contribution in [3.63, 3.8) is 0 Å². The Morgan fingerprint density at radius 3 is 1.98 bits per heavy atom. The molecule has 12 heteroatoms. The number of aliphatic hydroxyl groups is 1. The summed E-state index contributed by atoms with van der Waals surface area (Å²) in [6.45, 7) is 0. The van der Waals surface area contributed by atoms with E-state index in [9.17, 15) is 27.9 Å². The summed E-state index contributed by atoms with van der Waals surface area (Å²) >= 11 is 0. The van der Waals surface area contributed by atoms with Crippen molar-refractivity contribution in [2.75, 3.05) is 12.4 Å². The molecule has 212 valence electrons. The van der Waals surface area contributed by atoms with E-state index in [0.29, 0.717) is 0 Å². The SMILES string of the molecule is CN1C(C(=O)Nc2ccccn2)=C(O)c2ccccc2S1(=O)=O.O=C1NC(=O)C(c2ccccc2)(c2ccccc2)N1. The lowest BCUT2D eigenvalue weighted by atomic mass is 9.83. The summed E-state index contributed by atoms with van der Waals surface area (Å²) in [5.74, 6) is -1.26. The Bertz CT molecular complexity index is 1760. The van der Waals surface area contributed by atoms with Crippen molar-refractivity contribution in [2.24, 2.45) is 0 Å². The Balaban J connectivity index is 0.000000171. The number of pyridine rings is 1. The van der Waals surface area contributed by atoms with Crippen LogP contribution >= 0.6 is 0 Å². The second-order valence-electron chi connectivity index (χ2n) is 9.23. The van der Waals surface area contributed by atoms with Crippen LogP contribution in [-0.4, -0.2) is 47.7 Å². The second-order valence-corrected chi connectivity index (χ2v) is 11.2. The number of amides is 4. The van der Waals surface area contributed by atoms with Gasteiger partial charge in [-0.25, -0.2) is 18.2 Å². The number of anilines is 1. The van der Waals surface area contributed by atoms with E-state index in [1.54, 1.807) is 30.3 Å². The summed E-state index contributed by atoms with van der Waals surface area (Å²) < 4.78 is 25.8. The van der Waals surface area contributed by atoms with E-state index in [1.807, 2.05) is 60.7 Å². The first-order valence-electron chi connectivity index (χ1n) is 12.6. The van der Waals surface area contributed by atoms with Crippen molar-refractivity contribution in [2.45, 2.75) is 10.4 Å². The van der Waals surface area contributed by atoms with Crippen LogP contribution < -0.4 is 16.0 Å². The highest BCUT2D eigenvalue weighted by molar-refractivity contribution is 7.89. The van der Waals surface area contributed by atoms with E-state index in [1.165, 1.54) is 25.4 Å². The summed E-state index contributed by atoms with van der Waals surface area (Å²) in [6, 6.07) is 28.9. The van der Waals surface area contributed by atoms with E-state index in [0.717, 1.165) is 15.4 Å². The minimum atomic E-state index is -3.91. The second kappa shape index (κ2) is 11.2. The molecule has 2 aliphatic rings. The predicted octanol–water partition coefficient (Wildman–Crippen LogP) is 3.35. The average Bonchev–Trinajstić information content (AvgIpc) is 3.32. The van der Waals surface area contributed by atoms with Gasteiger partial charge >= 0.3 is 6.03 Å². The van der Waals surface area contributed by atoms with Gasteiger partial charge < -0.3 is 15.7 Å². The summed E-state index contributed by atoms with van der Waals surface area (Å²) in [4.78, 5) is 40.2. The third kappa shape index (κ3) is 4.95. The van der Waals surface area contributed by atoms with Gasteiger partial charge in [0.2, 0.25) is 0 Å². The number of rotatable bonds is 4. The molecule has 3 heterocycles. The third-order valence-electron chi connectivity index (χ3n) is 6.72. The molecule has 1 saturated heterocycles. The molecule has 0 bridgehead atoms. The van der Waals surface area contributed by atoms with Crippen molar-refractivity contribution in [3.05, 3.63) is 132 Å². The van der Waals surface area contributed by atoms with Gasteiger partial charge in [0.1, 0.15) is 5.82 Å². The van der Waals surface area contributed by atoms with Crippen LogP contribution in [-0.2, 0) is 25.2 Å². The summed E-state index contributed by atoms with van der Waals surface area (Å²) in [5, 5.41) is 17.9. The monoisotopic (exact) mass is 583 g/mol. The van der Waals surface area contributed by atoms with Crippen LogP contribution in [0.15, 0.2) is 120 Å². The lowest BCUT2D eigenvalue weighted by Crippen LogP contribution is -2.44. The van der Waals surface area contributed by atoms with Gasteiger partial charge in [-0.2, -0.15) is 0 Å². The van der Waals surface area contributed by atoms with E-state index in [-0.39, 0.29) is 27.9 Å². The Hall–Kier alpha value is -5.49. The molecule has 2 aliphatic heterocycles. The molecule has 0 atom stereocenters. The van der Waals surface area contributed by atoms with Crippen LogP contribution in [0.5, 0.6) is 0 Å². The molecular formula is C30H25N5O6S. The number of aliphatic hydroxyl groups excluding tert-OH is 1. The molecule has 1 aromatic heterocycles. The van der Waals surface area contributed by atoms with Gasteiger partial charge in [-0.15, -0.1) is 0 Å². The lowest BCUT2D eigenvalue weighted by molar-refractivity contribution is -0.123. The van der Waals surface area contributed by atoms with E-state index in [4.69, 9.17) is 0 Å². The van der Waals surface area contributed by atoms with E-state index in [2.05, 4.69) is 20.9 Å². The normalized spacial score (nSPS) is 16.4. The number of urea groups is 1. The van der Waals surface area contributed by atoms with Crippen LogP contribution in [0.1, 0.15) is 16.7 Å². The number of aromatic nitrogens is 1. The van der Waals surface area contributed by atoms with Crippen LogP contribution in [0.2, 0.25) is 0 Å². The van der Waals surface area contributed by atoms with Gasteiger partial charge in [-0.1, -0.05) is 78.9 Å². The molecule has 4 aromatic rings. The molecule has 11 nitrogen and oxygen atoms in total. The number of nitrogens with one attached hydrogen (secondary N) is 3. The van der Waals surface area contributed by atoms with Gasteiger partial charge in [-0.3, -0.25) is 19.2 Å². The fourth-order valence-electron chi connectivity index (χ4n) is 4.70. The fraction of sp³-hybridized carbons (Fsp3) is 0.0667. The van der Waals surface area contributed by atoms with Crippen LogP contribution in [0, 0.1) is 0 Å². The van der Waals surface area contributed by atoms with E-state index < -0.39 is 33.3 Å². The maximum absolute atomic E-state index is 12.5. The minimum Gasteiger partial charge on any atom is -0.505 e. The summed E-state index contributed by atoms with van der Waals surface area (Å²) in [6.07, 6.45) is 1.49. The molecule has 1 fully saturated rings. The maximum Gasteiger partial charge on any atom is 0.322 e. The van der Waals surface area contributed by atoms with Crippen LogP contribution in [0.4, 0.5) is 10.6 Å². The Labute approximate surface area is 241 Å². The number of benzene rings is 3. The molecule has 0 radical (unpaired) electrons. The highest BCUT2D eigenvalue weighted by Gasteiger charge is 2.49. The fourth-order valence-corrected chi connectivity index (χ4v) is 6.10. The van der Waals surface area contributed by atoms with Crippen LogP contribution in [0.3, 0.4) is 0 Å². The molecule has 4 N–H and O–H groups in total. The smallest absolute Gasteiger partial charge is 0.322 e. The van der Waals surface area contributed by atoms with Crippen LogP contribution in [0.25, 0.3) is 5.76 Å². The molecule has 42 heavy (non-hydrogen) atoms.